The Hall–Kier alpha value is -1.39. The van der Waals surface area contributed by atoms with Gasteiger partial charge in [0.1, 0.15) is 0 Å². The monoisotopic (exact) mass is 288 g/mol. The lowest BCUT2D eigenvalue weighted by Crippen LogP contribution is -2.43. The maximum Gasteiger partial charge on any atom is 0.237 e. The van der Waals surface area contributed by atoms with E-state index in [1.54, 1.807) is 0 Å². The number of benzene rings is 1. The van der Waals surface area contributed by atoms with Gasteiger partial charge >= 0.3 is 0 Å². The molecular formula is C17H24N2O2. The first-order chi connectivity index (χ1) is 10.3. The smallest absolute Gasteiger partial charge is 0.237 e. The van der Waals surface area contributed by atoms with E-state index in [1.165, 1.54) is 25.7 Å². The number of aliphatic hydroxyl groups excluding tert-OH is 1. The van der Waals surface area contributed by atoms with E-state index in [4.69, 9.17) is 0 Å². The summed E-state index contributed by atoms with van der Waals surface area (Å²) in [5.41, 5.74) is 1.87. The topological polar surface area (TPSA) is 61.4 Å². The molecule has 1 amide bonds. The van der Waals surface area contributed by atoms with Crippen LogP contribution in [0.3, 0.4) is 0 Å². The lowest BCUT2D eigenvalue weighted by Gasteiger charge is -2.24. The maximum absolute atomic E-state index is 12.3. The highest BCUT2D eigenvalue weighted by atomic mass is 16.3. The summed E-state index contributed by atoms with van der Waals surface area (Å²) in [5, 5.41) is 15.8. The average Bonchev–Trinajstić information content (AvgIpc) is 2.97. The molecule has 1 aliphatic carbocycles. The minimum Gasteiger partial charge on any atom is -0.392 e. The molecule has 4 heteroatoms. The molecule has 2 aliphatic rings. The molecule has 1 heterocycles. The summed E-state index contributed by atoms with van der Waals surface area (Å²) in [4.78, 5) is 12.3. The normalized spacial score (nSPS) is 28.1. The van der Waals surface area contributed by atoms with Gasteiger partial charge in [0, 0.05) is 12.6 Å². The van der Waals surface area contributed by atoms with Gasteiger partial charge in [-0.2, -0.15) is 0 Å². The van der Waals surface area contributed by atoms with Crippen LogP contribution in [0.2, 0.25) is 0 Å². The first-order valence-corrected chi connectivity index (χ1v) is 7.99. The summed E-state index contributed by atoms with van der Waals surface area (Å²) in [5.74, 6) is 0.774. The molecule has 0 radical (unpaired) electrons. The van der Waals surface area contributed by atoms with Crippen LogP contribution in [0, 0.1) is 5.92 Å². The second-order valence-electron chi connectivity index (χ2n) is 6.25. The van der Waals surface area contributed by atoms with E-state index in [1.807, 2.05) is 24.3 Å². The molecule has 0 aromatic heterocycles. The SMILES string of the molecule is O=C(NCc1ccccc1CO)[C@@H]1C[C@@H]2CCCC[C@H]2N1. The van der Waals surface area contributed by atoms with Gasteiger partial charge < -0.3 is 15.7 Å². The van der Waals surface area contributed by atoms with Crippen LogP contribution in [0.25, 0.3) is 0 Å². The molecule has 0 unspecified atom stereocenters. The van der Waals surface area contributed by atoms with Crippen molar-refractivity contribution in [2.75, 3.05) is 0 Å². The van der Waals surface area contributed by atoms with Crippen molar-refractivity contribution in [3.05, 3.63) is 35.4 Å². The molecule has 3 atom stereocenters. The van der Waals surface area contributed by atoms with Crippen LogP contribution in [0.4, 0.5) is 0 Å². The molecule has 2 fully saturated rings. The standard InChI is InChI=1S/C17H24N2O2/c20-11-14-7-2-1-6-13(14)10-18-17(21)16-9-12-5-3-4-8-15(12)19-16/h1-2,6-7,12,15-16,19-20H,3-5,8-11H2,(H,18,21)/t12-,15+,16-/m0/s1. The van der Waals surface area contributed by atoms with Gasteiger partial charge in [0.05, 0.1) is 12.6 Å². The van der Waals surface area contributed by atoms with Gasteiger partial charge in [0.15, 0.2) is 0 Å². The Labute approximate surface area is 125 Å². The molecule has 0 spiro atoms. The molecule has 1 saturated carbocycles. The van der Waals surface area contributed by atoms with E-state index >= 15 is 0 Å². The lowest BCUT2D eigenvalue weighted by molar-refractivity contribution is -0.123. The summed E-state index contributed by atoms with van der Waals surface area (Å²) in [6.45, 7) is 0.501. The summed E-state index contributed by atoms with van der Waals surface area (Å²) in [6.07, 6.45) is 6.03. The molecule has 1 aliphatic heterocycles. The van der Waals surface area contributed by atoms with Crippen LogP contribution in [0.5, 0.6) is 0 Å². The van der Waals surface area contributed by atoms with Gasteiger partial charge in [-0.05, 0) is 36.3 Å². The Morgan fingerprint density at radius 3 is 2.76 bits per heavy atom. The molecule has 1 aromatic carbocycles. The van der Waals surface area contributed by atoms with Crippen LogP contribution in [0.15, 0.2) is 24.3 Å². The zero-order chi connectivity index (χ0) is 14.7. The highest BCUT2D eigenvalue weighted by Gasteiger charge is 2.37. The van der Waals surface area contributed by atoms with Gasteiger partial charge in [0.25, 0.3) is 0 Å². The van der Waals surface area contributed by atoms with Gasteiger partial charge in [-0.3, -0.25) is 4.79 Å². The van der Waals surface area contributed by atoms with Crippen molar-refractivity contribution >= 4 is 5.91 Å². The Morgan fingerprint density at radius 2 is 2.00 bits per heavy atom. The summed E-state index contributed by atoms with van der Waals surface area (Å²) < 4.78 is 0. The zero-order valence-electron chi connectivity index (χ0n) is 12.3. The Bertz CT molecular complexity index is 489. The largest absolute Gasteiger partial charge is 0.392 e. The highest BCUT2D eigenvalue weighted by molar-refractivity contribution is 5.82. The van der Waals surface area contributed by atoms with E-state index in [2.05, 4.69) is 10.6 Å². The van der Waals surface area contributed by atoms with Crippen LogP contribution >= 0.6 is 0 Å². The van der Waals surface area contributed by atoms with Crippen molar-refractivity contribution in [3.63, 3.8) is 0 Å². The Kier molecular flexibility index (Phi) is 4.56. The molecule has 21 heavy (non-hydrogen) atoms. The molecule has 3 rings (SSSR count). The van der Waals surface area contributed by atoms with Crippen LogP contribution in [0.1, 0.15) is 43.2 Å². The Morgan fingerprint density at radius 1 is 1.24 bits per heavy atom. The van der Waals surface area contributed by atoms with Gasteiger partial charge in [-0.1, -0.05) is 37.1 Å². The molecule has 1 saturated heterocycles. The molecular weight excluding hydrogens is 264 g/mol. The van der Waals surface area contributed by atoms with Crippen LogP contribution in [-0.4, -0.2) is 23.1 Å². The average molecular weight is 288 g/mol. The van der Waals surface area contributed by atoms with Crippen molar-refractivity contribution in [1.29, 1.82) is 0 Å². The van der Waals surface area contributed by atoms with E-state index in [9.17, 15) is 9.90 Å². The van der Waals surface area contributed by atoms with E-state index in [0.717, 1.165) is 17.5 Å². The molecule has 0 bridgehead atoms. The minimum absolute atomic E-state index is 0.0118. The second kappa shape index (κ2) is 6.58. The number of hydrogen-bond acceptors (Lipinski definition) is 3. The highest BCUT2D eigenvalue weighted by Crippen LogP contribution is 2.33. The number of aliphatic hydroxyl groups is 1. The number of carbonyl (C=O) groups excluding carboxylic acids is 1. The van der Waals surface area contributed by atoms with Crippen LogP contribution in [-0.2, 0) is 17.9 Å². The lowest BCUT2D eigenvalue weighted by atomic mass is 9.85. The van der Waals surface area contributed by atoms with Gasteiger partial charge in [0.2, 0.25) is 5.91 Å². The second-order valence-corrected chi connectivity index (χ2v) is 6.25. The zero-order valence-corrected chi connectivity index (χ0v) is 12.3. The fraction of sp³-hybridized carbons (Fsp3) is 0.588. The van der Waals surface area contributed by atoms with Crippen molar-refractivity contribution in [1.82, 2.24) is 10.6 Å². The van der Waals surface area contributed by atoms with Gasteiger partial charge in [-0.25, -0.2) is 0 Å². The van der Waals surface area contributed by atoms with E-state index in [-0.39, 0.29) is 18.6 Å². The number of nitrogens with one attached hydrogen (secondary N) is 2. The third-order valence-corrected chi connectivity index (χ3v) is 4.92. The third-order valence-electron chi connectivity index (χ3n) is 4.92. The van der Waals surface area contributed by atoms with Gasteiger partial charge in [-0.15, -0.1) is 0 Å². The number of hydrogen-bond donors (Lipinski definition) is 3. The summed E-state index contributed by atoms with van der Waals surface area (Å²) in [7, 11) is 0. The molecule has 4 nitrogen and oxygen atoms in total. The number of fused-ring (bicyclic) bond motifs is 1. The fourth-order valence-corrected chi connectivity index (χ4v) is 3.71. The molecule has 3 N–H and O–H groups in total. The first-order valence-electron chi connectivity index (χ1n) is 7.99. The predicted molar refractivity (Wildman–Crippen MR) is 81.5 cm³/mol. The third kappa shape index (κ3) is 3.27. The molecule has 1 aromatic rings. The summed E-state index contributed by atoms with van der Waals surface area (Å²) >= 11 is 0. The number of amides is 1. The first kappa shape index (κ1) is 14.5. The van der Waals surface area contributed by atoms with E-state index in [0.29, 0.717) is 18.5 Å². The quantitative estimate of drug-likeness (QED) is 0.790. The minimum atomic E-state index is -0.0422. The van der Waals surface area contributed by atoms with Crippen molar-refractivity contribution < 1.29 is 9.90 Å². The predicted octanol–water partition coefficient (Wildman–Crippen LogP) is 1.72. The van der Waals surface area contributed by atoms with E-state index < -0.39 is 0 Å². The Balaban J connectivity index is 1.55. The number of rotatable bonds is 4. The van der Waals surface area contributed by atoms with Crippen molar-refractivity contribution in [3.8, 4) is 0 Å². The summed E-state index contributed by atoms with van der Waals surface area (Å²) in [6, 6.07) is 8.18. The van der Waals surface area contributed by atoms with Crippen LogP contribution < -0.4 is 10.6 Å². The molecule has 114 valence electrons. The van der Waals surface area contributed by atoms with Crippen molar-refractivity contribution in [2.24, 2.45) is 5.92 Å². The number of carbonyl (C=O) groups is 1. The van der Waals surface area contributed by atoms with Crippen molar-refractivity contribution in [2.45, 2.75) is 57.3 Å². The maximum atomic E-state index is 12.3. The fourth-order valence-electron chi connectivity index (χ4n) is 3.71.